The molecule has 6 heteroatoms. The third-order valence-electron chi connectivity index (χ3n) is 3.53. The fourth-order valence-corrected chi connectivity index (χ4v) is 2.69. The molecule has 1 amide bonds. The molecule has 2 rings (SSSR count). The SMILES string of the molecule is O=C(NCCC1=CCCCC1)c1cccc(Cl)c1[N+](=O)[O-]. The Balaban J connectivity index is 1.99. The fraction of sp³-hybridized carbons (Fsp3) is 0.400. The second-order valence-electron chi connectivity index (χ2n) is 5.01. The summed E-state index contributed by atoms with van der Waals surface area (Å²) in [4.78, 5) is 22.4. The highest BCUT2D eigenvalue weighted by Crippen LogP contribution is 2.28. The normalized spacial score (nSPS) is 14.4. The molecule has 0 bridgehead atoms. The highest BCUT2D eigenvalue weighted by atomic mass is 35.5. The van der Waals surface area contributed by atoms with Crippen LogP contribution in [-0.2, 0) is 0 Å². The number of carbonyl (C=O) groups is 1. The lowest BCUT2D eigenvalue weighted by Crippen LogP contribution is -2.25. The summed E-state index contributed by atoms with van der Waals surface area (Å²) in [7, 11) is 0. The van der Waals surface area contributed by atoms with Gasteiger partial charge in [-0.15, -0.1) is 0 Å². The van der Waals surface area contributed by atoms with Crippen LogP contribution >= 0.6 is 11.6 Å². The number of nitrogens with one attached hydrogen (secondary N) is 1. The van der Waals surface area contributed by atoms with Crippen LogP contribution in [0.4, 0.5) is 5.69 Å². The second-order valence-corrected chi connectivity index (χ2v) is 5.41. The van der Waals surface area contributed by atoms with Gasteiger partial charge in [-0.3, -0.25) is 14.9 Å². The van der Waals surface area contributed by atoms with Gasteiger partial charge in [0.05, 0.1) is 4.92 Å². The number of nitro benzene ring substituents is 1. The van der Waals surface area contributed by atoms with Crippen molar-refractivity contribution in [2.45, 2.75) is 32.1 Å². The predicted octanol–water partition coefficient (Wildman–Crippen LogP) is 3.87. The number of nitrogens with zero attached hydrogens (tertiary/aromatic N) is 1. The monoisotopic (exact) mass is 308 g/mol. The predicted molar refractivity (Wildman–Crippen MR) is 81.6 cm³/mol. The number of halogens is 1. The van der Waals surface area contributed by atoms with E-state index in [-0.39, 0.29) is 16.3 Å². The van der Waals surface area contributed by atoms with Gasteiger partial charge in [0.2, 0.25) is 0 Å². The lowest BCUT2D eigenvalue weighted by molar-refractivity contribution is -0.385. The highest BCUT2D eigenvalue weighted by molar-refractivity contribution is 6.33. The largest absolute Gasteiger partial charge is 0.351 e. The van der Waals surface area contributed by atoms with Crippen molar-refractivity contribution in [2.75, 3.05) is 6.54 Å². The number of nitro groups is 1. The van der Waals surface area contributed by atoms with E-state index in [9.17, 15) is 14.9 Å². The molecule has 0 heterocycles. The lowest BCUT2D eigenvalue weighted by Gasteiger charge is -2.13. The smallest absolute Gasteiger partial charge is 0.300 e. The molecule has 0 aromatic heterocycles. The first-order valence-electron chi connectivity index (χ1n) is 6.98. The maximum absolute atomic E-state index is 12.1. The van der Waals surface area contributed by atoms with Gasteiger partial charge in [-0.2, -0.15) is 0 Å². The van der Waals surface area contributed by atoms with Crippen LogP contribution in [0.15, 0.2) is 29.8 Å². The van der Waals surface area contributed by atoms with Gasteiger partial charge >= 0.3 is 5.69 Å². The number of carbonyl (C=O) groups excluding carboxylic acids is 1. The maximum atomic E-state index is 12.1. The standard InChI is InChI=1S/C15H17ClN2O3/c16-13-8-4-7-12(14(13)18(20)21)15(19)17-10-9-11-5-2-1-3-6-11/h4-5,7-8H,1-3,6,9-10H2,(H,17,19). The molecule has 1 N–H and O–H groups in total. The van der Waals surface area contributed by atoms with Gasteiger partial charge in [0, 0.05) is 6.54 Å². The number of hydrogen-bond acceptors (Lipinski definition) is 3. The van der Waals surface area contributed by atoms with Crippen molar-refractivity contribution in [2.24, 2.45) is 0 Å². The fourth-order valence-electron chi connectivity index (χ4n) is 2.45. The van der Waals surface area contributed by atoms with E-state index in [4.69, 9.17) is 11.6 Å². The Labute approximate surface area is 128 Å². The molecule has 0 radical (unpaired) electrons. The Hall–Kier alpha value is -1.88. The summed E-state index contributed by atoms with van der Waals surface area (Å²) in [5, 5.41) is 13.7. The minimum atomic E-state index is -0.624. The van der Waals surface area contributed by atoms with Crippen LogP contribution in [0.5, 0.6) is 0 Å². The average molecular weight is 309 g/mol. The Morgan fingerprint density at radius 1 is 1.38 bits per heavy atom. The third kappa shape index (κ3) is 4.04. The van der Waals surface area contributed by atoms with Crippen LogP contribution < -0.4 is 5.32 Å². The van der Waals surface area contributed by atoms with Crippen molar-refractivity contribution in [3.05, 3.63) is 50.5 Å². The number of amides is 1. The summed E-state index contributed by atoms with van der Waals surface area (Å²) in [6.07, 6.45) is 7.61. The summed E-state index contributed by atoms with van der Waals surface area (Å²) in [5.41, 5.74) is 1.01. The first-order valence-corrected chi connectivity index (χ1v) is 7.36. The molecule has 0 atom stereocenters. The van der Waals surface area contributed by atoms with E-state index in [0.717, 1.165) is 19.3 Å². The van der Waals surface area contributed by atoms with Gasteiger partial charge in [0.15, 0.2) is 0 Å². The van der Waals surface area contributed by atoms with Crippen LogP contribution in [-0.4, -0.2) is 17.4 Å². The summed E-state index contributed by atoms with van der Waals surface area (Å²) >= 11 is 5.79. The van der Waals surface area contributed by atoms with E-state index >= 15 is 0 Å². The van der Waals surface area contributed by atoms with Crippen LogP contribution in [0, 0.1) is 10.1 Å². The quantitative estimate of drug-likeness (QED) is 0.510. The topological polar surface area (TPSA) is 72.2 Å². The van der Waals surface area contributed by atoms with Crippen molar-refractivity contribution >= 4 is 23.2 Å². The molecule has 0 unspecified atom stereocenters. The first kappa shape index (κ1) is 15.5. The molecule has 0 saturated heterocycles. The van der Waals surface area contributed by atoms with Gasteiger partial charge in [-0.1, -0.05) is 29.3 Å². The van der Waals surface area contributed by atoms with E-state index < -0.39 is 10.8 Å². The van der Waals surface area contributed by atoms with Crippen LogP contribution in [0.25, 0.3) is 0 Å². The number of allylic oxidation sites excluding steroid dienone is 1. The van der Waals surface area contributed by atoms with Gasteiger partial charge in [-0.05, 0) is 44.2 Å². The van der Waals surface area contributed by atoms with Crippen LogP contribution in [0.2, 0.25) is 5.02 Å². The molecule has 21 heavy (non-hydrogen) atoms. The van der Waals surface area contributed by atoms with Crippen LogP contribution in [0.1, 0.15) is 42.5 Å². The van der Waals surface area contributed by atoms with E-state index in [2.05, 4.69) is 11.4 Å². The van der Waals surface area contributed by atoms with Crippen molar-refractivity contribution < 1.29 is 9.72 Å². The molecule has 112 valence electrons. The van der Waals surface area contributed by atoms with Crippen molar-refractivity contribution in [1.29, 1.82) is 0 Å². The number of benzene rings is 1. The molecule has 0 saturated carbocycles. The first-order chi connectivity index (χ1) is 10.1. The number of rotatable bonds is 5. The zero-order valence-electron chi connectivity index (χ0n) is 11.6. The van der Waals surface area contributed by atoms with E-state index in [1.165, 1.54) is 36.6 Å². The van der Waals surface area contributed by atoms with Crippen molar-refractivity contribution in [3.8, 4) is 0 Å². The van der Waals surface area contributed by atoms with Gasteiger partial charge in [0.1, 0.15) is 10.6 Å². The van der Waals surface area contributed by atoms with Gasteiger partial charge < -0.3 is 5.32 Å². The van der Waals surface area contributed by atoms with E-state index in [0.29, 0.717) is 6.54 Å². The molecular weight excluding hydrogens is 292 g/mol. The minimum absolute atomic E-state index is 0.00474. The third-order valence-corrected chi connectivity index (χ3v) is 3.84. The second kappa shape index (κ2) is 7.22. The summed E-state index contributed by atoms with van der Waals surface area (Å²) in [6.45, 7) is 0.480. The van der Waals surface area contributed by atoms with E-state index in [1.807, 2.05) is 0 Å². The Morgan fingerprint density at radius 3 is 2.86 bits per heavy atom. The molecule has 1 aliphatic rings. The Bertz CT molecular complexity index is 584. The molecule has 1 aliphatic carbocycles. The molecule has 0 fully saturated rings. The molecule has 0 spiro atoms. The summed E-state index contributed by atoms with van der Waals surface area (Å²) < 4.78 is 0. The summed E-state index contributed by atoms with van der Waals surface area (Å²) in [5.74, 6) is -0.458. The summed E-state index contributed by atoms with van der Waals surface area (Å²) in [6, 6.07) is 4.36. The lowest BCUT2D eigenvalue weighted by atomic mass is 9.97. The number of hydrogen-bond donors (Lipinski definition) is 1. The molecular formula is C15H17ClN2O3. The minimum Gasteiger partial charge on any atom is -0.351 e. The van der Waals surface area contributed by atoms with Crippen molar-refractivity contribution in [3.63, 3.8) is 0 Å². The van der Waals surface area contributed by atoms with E-state index in [1.54, 1.807) is 0 Å². The van der Waals surface area contributed by atoms with Crippen LogP contribution in [0.3, 0.4) is 0 Å². The molecule has 5 nitrogen and oxygen atoms in total. The highest BCUT2D eigenvalue weighted by Gasteiger charge is 2.23. The number of para-hydroxylation sites is 1. The Kier molecular flexibility index (Phi) is 5.33. The molecule has 1 aromatic carbocycles. The Morgan fingerprint density at radius 2 is 2.19 bits per heavy atom. The maximum Gasteiger partial charge on any atom is 0.300 e. The van der Waals surface area contributed by atoms with Crippen molar-refractivity contribution in [1.82, 2.24) is 5.32 Å². The van der Waals surface area contributed by atoms with Gasteiger partial charge in [-0.25, -0.2) is 0 Å². The van der Waals surface area contributed by atoms with Gasteiger partial charge in [0.25, 0.3) is 5.91 Å². The molecule has 1 aromatic rings. The zero-order valence-corrected chi connectivity index (χ0v) is 12.4. The zero-order chi connectivity index (χ0) is 15.2. The molecule has 0 aliphatic heterocycles. The average Bonchev–Trinajstić information content (AvgIpc) is 2.47.